The van der Waals surface area contributed by atoms with Crippen molar-refractivity contribution in [1.29, 1.82) is 0 Å². The molecular formula is C14H7Cl3N2S. The minimum Gasteiger partial charge on any atom is -0.243 e. The van der Waals surface area contributed by atoms with Gasteiger partial charge in [0, 0.05) is 11.8 Å². The third-order valence-electron chi connectivity index (χ3n) is 2.78. The molecule has 2 heterocycles. The van der Waals surface area contributed by atoms with Gasteiger partial charge in [-0.05, 0) is 23.8 Å². The number of rotatable bonds is 2. The molecule has 0 unspecified atom stereocenters. The Morgan fingerprint density at radius 3 is 2.45 bits per heavy atom. The lowest BCUT2D eigenvalue weighted by atomic mass is 10.1. The van der Waals surface area contributed by atoms with Crippen molar-refractivity contribution in [2.45, 2.75) is 0 Å². The predicted molar refractivity (Wildman–Crippen MR) is 88.0 cm³/mol. The Bertz CT molecular complexity index is 803. The van der Waals surface area contributed by atoms with Crippen LogP contribution >= 0.6 is 46.1 Å². The van der Waals surface area contributed by atoms with E-state index in [1.165, 1.54) is 11.3 Å². The van der Waals surface area contributed by atoms with Gasteiger partial charge in [0.25, 0.3) is 0 Å². The van der Waals surface area contributed by atoms with Crippen LogP contribution in [0.4, 0.5) is 0 Å². The van der Waals surface area contributed by atoms with E-state index in [4.69, 9.17) is 34.8 Å². The molecule has 0 amide bonds. The van der Waals surface area contributed by atoms with Crippen molar-refractivity contribution in [1.82, 2.24) is 9.97 Å². The summed E-state index contributed by atoms with van der Waals surface area (Å²) in [5.74, 6) is 0. The van der Waals surface area contributed by atoms with E-state index < -0.39 is 0 Å². The van der Waals surface area contributed by atoms with Crippen LogP contribution in [0, 0.1) is 0 Å². The number of hydrogen-bond acceptors (Lipinski definition) is 3. The molecule has 0 radical (unpaired) electrons. The molecule has 0 saturated carbocycles. The van der Waals surface area contributed by atoms with Crippen LogP contribution in [-0.4, -0.2) is 9.97 Å². The average molecular weight is 342 g/mol. The SMILES string of the molecule is C=Cc1cc(Cl)c(-c2nc3ccnc(Cl)c3s2)c(Cl)c1. The second kappa shape index (κ2) is 5.34. The second-order valence-electron chi connectivity index (χ2n) is 4.03. The lowest BCUT2D eigenvalue weighted by molar-refractivity contribution is 1.35. The topological polar surface area (TPSA) is 25.8 Å². The zero-order valence-electron chi connectivity index (χ0n) is 10.0. The fourth-order valence-corrected chi connectivity index (χ4v) is 3.92. The highest BCUT2D eigenvalue weighted by Crippen LogP contribution is 2.40. The molecule has 100 valence electrons. The molecule has 2 aromatic heterocycles. The summed E-state index contributed by atoms with van der Waals surface area (Å²) in [4.78, 5) is 8.56. The van der Waals surface area contributed by atoms with Crippen molar-refractivity contribution in [3.05, 3.63) is 51.7 Å². The van der Waals surface area contributed by atoms with Gasteiger partial charge in [-0.1, -0.05) is 47.5 Å². The number of hydrogen-bond donors (Lipinski definition) is 0. The molecule has 0 aliphatic heterocycles. The smallest absolute Gasteiger partial charge is 0.148 e. The highest BCUT2D eigenvalue weighted by Gasteiger charge is 2.15. The number of halogens is 3. The Balaban J connectivity index is 2.25. The van der Waals surface area contributed by atoms with Crippen molar-refractivity contribution in [2.24, 2.45) is 0 Å². The van der Waals surface area contributed by atoms with Gasteiger partial charge in [-0.3, -0.25) is 0 Å². The van der Waals surface area contributed by atoms with Gasteiger partial charge < -0.3 is 0 Å². The van der Waals surface area contributed by atoms with Gasteiger partial charge in [-0.2, -0.15) is 0 Å². The first kappa shape index (κ1) is 13.8. The minimum atomic E-state index is 0.432. The monoisotopic (exact) mass is 340 g/mol. The maximum atomic E-state index is 6.30. The normalized spacial score (nSPS) is 10.9. The molecule has 0 fully saturated rings. The van der Waals surface area contributed by atoms with Gasteiger partial charge >= 0.3 is 0 Å². The molecule has 0 saturated heterocycles. The first-order valence-electron chi connectivity index (χ1n) is 5.63. The van der Waals surface area contributed by atoms with Crippen LogP contribution in [0.5, 0.6) is 0 Å². The quantitative estimate of drug-likeness (QED) is 0.537. The van der Waals surface area contributed by atoms with Crippen molar-refractivity contribution < 1.29 is 0 Å². The summed E-state index contributed by atoms with van der Waals surface area (Å²) in [5.41, 5.74) is 2.35. The number of fused-ring (bicyclic) bond motifs is 1. The van der Waals surface area contributed by atoms with Crippen LogP contribution in [0.25, 0.3) is 26.9 Å². The maximum absolute atomic E-state index is 6.30. The third kappa shape index (κ3) is 2.31. The molecule has 6 heteroatoms. The summed E-state index contributed by atoms with van der Waals surface area (Å²) in [6, 6.07) is 5.42. The van der Waals surface area contributed by atoms with Gasteiger partial charge in [0.05, 0.1) is 20.3 Å². The Labute approximate surface area is 134 Å². The van der Waals surface area contributed by atoms with Gasteiger partial charge in [-0.25, -0.2) is 9.97 Å². The summed E-state index contributed by atoms with van der Waals surface area (Å²) in [5, 5.41) is 2.23. The van der Waals surface area contributed by atoms with E-state index in [1.54, 1.807) is 18.3 Å². The van der Waals surface area contributed by atoms with Crippen molar-refractivity contribution in [3.8, 4) is 10.6 Å². The van der Waals surface area contributed by atoms with Crippen LogP contribution < -0.4 is 0 Å². The van der Waals surface area contributed by atoms with Crippen LogP contribution in [0.1, 0.15) is 5.56 Å². The predicted octanol–water partition coefficient (Wildman–Crippen LogP) is 5.96. The van der Waals surface area contributed by atoms with Gasteiger partial charge in [0.2, 0.25) is 0 Å². The minimum absolute atomic E-state index is 0.432. The second-order valence-corrected chi connectivity index (χ2v) is 6.20. The van der Waals surface area contributed by atoms with Crippen LogP contribution in [0.3, 0.4) is 0 Å². The summed E-state index contributed by atoms with van der Waals surface area (Å²) in [6.07, 6.45) is 3.32. The number of benzene rings is 1. The molecule has 0 bridgehead atoms. The van der Waals surface area contributed by atoms with Gasteiger partial charge in [0.15, 0.2) is 0 Å². The summed E-state index contributed by atoms with van der Waals surface area (Å²) in [7, 11) is 0. The molecule has 3 rings (SSSR count). The number of aromatic nitrogens is 2. The summed E-state index contributed by atoms with van der Waals surface area (Å²) >= 11 is 20.1. The van der Waals surface area contributed by atoms with E-state index in [-0.39, 0.29) is 0 Å². The molecule has 1 aromatic carbocycles. The molecule has 0 N–H and O–H groups in total. The van der Waals surface area contributed by atoms with E-state index >= 15 is 0 Å². The summed E-state index contributed by atoms with van der Waals surface area (Å²) < 4.78 is 0.823. The van der Waals surface area contributed by atoms with Gasteiger partial charge in [0.1, 0.15) is 10.2 Å². The maximum Gasteiger partial charge on any atom is 0.148 e. The Kier molecular flexibility index (Phi) is 3.69. The van der Waals surface area contributed by atoms with Crippen molar-refractivity contribution >= 4 is 62.4 Å². The average Bonchev–Trinajstić information content (AvgIpc) is 2.82. The molecule has 0 aliphatic rings. The summed E-state index contributed by atoms with van der Waals surface area (Å²) in [6.45, 7) is 3.71. The molecule has 0 spiro atoms. The number of pyridine rings is 1. The highest BCUT2D eigenvalue weighted by molar-refractivity contribution is 7.22. The lowest BCUT2D eigenvalue weighted by Crippen LogP contribution is -1.83. The highest BCUT2D eigenvalue weighted by atomic mass is 35.5. The fourth-order valence-electron chi connectivity index (χ4n) is 1.85. The lowest BCUT2D eigenvalue weighted by Gasteiger charge is -2.05. The van der Waals surface area contributed by atoms with E-state index in [2.05, 4.69) is 16.5 Å². The molecule has 0 atom stereocenters. The zero-order chi connectivity index (χ0) is 14.3. The van der Waals surface area contributed by atoms with Gasteiger partial charge in [-0.15, -0.1) is 11.3 Å². The molecule has 3 aromatic rings. The molecule has 20 heavy (non-hydrogen) atoms. The van der Waals surface area contributed by atoms with E-state index in [1.807, 2.05) is 12.1 Å². The number of thiazole rings is 1. The first-order chi connectivity index (χ1) is 9.60. The Morgan fingerprint density at radius 1 is 1.15 bits per heavy atom. The zero-order valence-corrected chi connectivity index (χ0v) is 13.1. The third-order valence-corrected chi connectivity index (χ3v) is 4.87. The molecular weight excluding hydrogens is 335 g/mol. The fraction of sp³-hybridized carbons (Fsp3) is 0. The standard InChI is InChI=1S/C14H7Cl3N2S/c1-2-7-5-8(15)11(9(16)6-7)14-19-10-3-4-18-13(17)12(10)20-14/h2-6H,1H2. The van der Waals surface area contributed by atoms with Crippen molar-refractivity contribution in [3.63, 3.8) is 0 Å². The van der Waals surface area contributed by atoms with E-state index in [9.17, 15) is 0 Å². The molecule has 0 aliphatic carbocycles. The van der Waals surface area contributed by atoms with E-state index in [0.717, 1.165) is 20.8 Å². The van der Waals surface area contributed by atoms with Crippen molar-refractivity contribution in [2.75, 3.05) is 0 Å². The largest absolute Gasteiger partial charge is 0.243 e. The van der Waals surface area contributed by atoms with Crippen LogP contribution in [0.2, 0.25) is 15.2 Å². The number of nitrogens with zero attached hydrogens (tertiary/aromatic N) is 2. The first-order valence-corrected chi connectivity index (χ1v) is 7.58. The van der Waals surface area contributed by atoms with Crippen LogP contribution in [0.15, 0.2) is 31.0 Å². The Hall–Kier alpha value is -1.13. The van der Waals surface area contributed by atoms with E-state index in [0.29, 0.717) is 20.8 Å². The molecule has 2 nitrogen and oxygen atoms in total. The Morgan fingerprint density at radius 2 is 1.85 bits per heavy atom. The van der Waals surface area contributed by atoms with Crippen LogP contribution in [-0.2, 0) is 0 Å².